The SMILES string of the molecule is COc1cc(/C=N/NC(=O)c2cc3cc([N+](=O)[O-])ccc3o2)cc(Cl)c1OCc1cccc(C(=O)O)c1. The monoisotopic (exact) mass is 523 g/mol. The molecule has 4 rings (SSSR count). The van der Waals surface area contributed by atoms with Gasteiger partial charge in [-0.25, -0.2) is 10.2 Å². The van der Waals surface area contributed by atoms with Crippen LogP contribution in [0, 0.1) is 10.1 Å². The molecule has 4 aromatic rings. The number of furan rings is 1. The van der Waals surface area contributed by atoms with Crippen molar-refractivity contribution >= 4 is 46.3 Å². The van der Waals surface area contributed by atoms with Gasteiger partial charge in [0.1, 0.15) is 12.2 Å². The van der Waals surface area contributed by atoms with Crippen LogP contribution in [0.2, 0.25) is 5.02 Å². The topological polar surface area (TPSA) is 154 Å². The number of aromatic carboxylic acids is 1. The predicted octanol–water partition coefficient (Wildman–Crippen LogP) is 5.04. The second-order valence-corrected chi connectivity index (χ2v) is 8.02. The number of carboxylic acid groups (broad SMARTS) is 1. The lowest BCUT2D eigenvalue weighted by atomic mass is 10.1. The number of non-ortho nitro benzene ring substituents is 1. The summed E-state index contributed by atoms with van der Waals surface area (Å²) >= 11 is 6.37. The van der Waals surface area contributed by atoms with Gasteiger partial charge in [0, 0.05) is 17.5 Å². The van der Waals surface area contributed by atoms with Crippen LogP contribution in [0.15, 0.2) is 70.2 Å². The van der Waals surface area contributed by atoms with E-state index in [9.17, 15) is 19.7 Å². The highest BCUT2D eigenvalue weighted by molar-refractivity contribution is 6.32. The number of nitro benzene ring substituents is 1. The Morgan fingerprint density at radius 3 is 2.73 bits per heavy atom. The van der Waals surface area contributed by atoms with Crippen LogP contribution in [0.5, 0.6) is 11.5 Å². The number of nitrogens with one attached hydrogen (secondary N) is 1. The molecule has 0 saturated carbocycles. The number of amides is 1. The normalized spacial score (nSPS) is 11.0. The molecule has 1 amide bonds. The van der Waals surface area contributed by atoms with Gasteiger partial charge in [0.25, 0.3) is 5.69 Å². The number of halogens is 1. The molecule has 188 valence electrons. The standard InChI is InChI=1S/C25H18ClN3O8/c1-35-21-9-15(8-19(26)23(21)36-13-14-3-2-4-16(7-14)25(31)32)12-27-28-24(30)22-11-17-10-18(29(33)34)5-6-20(17)37-22/h2-12H,13H2,1H3,(H,28,30)(H,31,32)/b27-12+. The van der Waals surface area contributed by atoms with Crippen molar-refractivity contribution in [3.8, 4) is 11.5 Å². The number of carboxylic acids is 1. The number of benzene rings is 3. The number of carbonyl (C=O) groups is 2. The van der Waals surface area contributed by atoms with Crippen molar-refractivity contribution in [2.75, 3.05) is 7.11 Å². The lowest BCUT2D eigenvalue weighted by Crippen LogP contribution is -2.16. The van der Waals surface area contributed by atoms with Crippen molar-refractivity contribution in [2.45, 2.75) is 6.61 Å². The molecule has 0 aliphatic rings. The lowest BCUT2D eigenvalue weighted by Gasteiger charge is -2.13. The number of hydrogen-bond donors (Lipinski definition) is 2. The summed E-state index contributed by atoms with van der Waals surface area (Å²) in [7, 11) is 1.43. The molecule has 1 heterocycles. The van der Waals surface area contributed by atoms with Crippen LogP contribution in [0.25, 0.3) is 11.0 Å². The summed E-state index contributed by atoms with van der Waals surface area (Å²) in [5.74, 6) is -1.22. The third-order valence-corrected chi connectivity index (χ3v) is 5.40. The van der Waals surface area contributed by atoms with Crippen LogP contribution in [0.1, 0.15) is 32.0 Å². The first-order valence-corrected chi connectivity index (χ1v) is 11.0. The van der Waals surface area contributed by atoms with E-state index in [4.69, 9.17) is 30.6 Å². The van der Waals surface area contributed by atoms with Crippen LogP contribution in [-0.2, 0) is 6.61 Å². The number of hydrogen-bond acceptors (Lipinski definition) is 8. The van der Waals surface area contributed by atoms with Crippen molar-refractivity contribution < 1.29 is 33.5 Å². The zero-order valence-electron chi connectivity index (χ0n) is 19.1. The molecule has 0 spiro atoms. The van der Waals surface area contributed by atoms with Crippen LogP contribution in [0.4, 0.5) is 5.69 Å². The van der Waals surface area contributed by atoms with E-state index < -0.39 is 16.8 Å². The summed E-state index contributed by atoms with van der Waals surface area (Å²) in [5.41, 5.74) is 3.77. The molecule has 0 atom stereocenters. The smallest absolute Gasteiger partial charge is 0.335 e. The molecular formula is C25H18ClN3O8. The first-order chi connectivity index (χ1) is 17.7. The Kier molecular flexibility index (Phi) is 7.35. The summed E-state index contributed by atoms with van der Waals surface area (Å²) in [6, 6.07) is 14.8. The zero-order valence-corrected chi connectivity index (χ0v) is 19.9. The molecule has 0 unspecified atom stereocenters. The van der Waals surface area contributed by atoms with Gasteiger partial charge in [0.2, 0.25) is 0 Å². The van der Waals surface area contributed by atoms with Gasteiger partial charge in [-0.2, -0.15) is 5.10 Å². The Labute approximate surface area is 214 Å². The minimum absolute atomic E-state index is 0.0569. The fourth-order valence-corrected chi connectivity index (χ4v) is 3.65. The molecule has 0 radical (unpaired) electrons. The first kappa shape index (κ1) is 25.2. The minimum Gasteiger partial charge on any atom is -0.493 e. The Hall–Kier alpha value is -4.90. The van der Waals surface area contributed by atoms with Crippen molar-refractivity contribution in [3.05, 3.63) is 98.3 Å². The number of fused-ring (bicyclic) bond motifs is 1. The lowest BCUT2D eigenvalue weighted by molar-refractivity contribution is -0.384. The van der Waals surface area contributed by atoms with E-state index in [2.05, 4.69) is 10.5 Å². The number of methoxy groups -OCH3 is 1. The van der Waals surface area contributed by atoms with Gasteiger partial charge >= 0.3 is 11.9 Å². The summed E-state index contributed by atoms with van der Waals surface area (Å²) < 4.78 is 16.6. The van der Waals surface area contributed by atoms with Crippen molar-refractivity contribution in [1.82, 2.24) is 5.43 Å². The van der Waals surface area contributed by atoms with Gasteiger partial charge in [-0.1, -0.05) is 23.7 Å². The minimum atomic E-state index is -1.04. The largest absolute Gasteiger partial charge is 0.493 e. The predicted molar refractivity (Wildman–Crippen MR) is 134 cm³/mol. The highest BCUT2D eigenvalue weighted by Crippen LogP contribution is 2.36. The van der Waals surface area contributed by atoms with Gasteiger partial charge in [-0.05, 0) is 47.5 Å². The van der Waals surface area contributed by atoms with Gasteiger partial charge in [0.15, 0.2) is 17.3 Å². The first-order valence-electron chi connectivity index (χ1n) is 10.6. The van der Waals surface area contributed by atoms with E-state index >= 15 is 0 Å². The maximum absolute atomic E-state index is 12.4. The van der Waals surface area contributed by atoms with E-state index in [-0.39, 0.29) is 34.4 Å². The van der Waals surface area contributed by atoms with E-state index in [0.717, 1.165) is 0 Å². The number of carbonyl (C=O) groups excluding carboxylic acids is 1. The molecule has 1 aromatic heterocycles. The molecule has 0 aliphatic heterocycles. The summed E-state index contributed by atoms with van der Waals surface area (Å²) in [4.78, 5) is 33.9. The second-order valence-electron chi connectivity index (χ2n) is 7.62. The molecule has 0 saturated heterocycles. The van der Waals surface area contributed by atoms with E-state index in [1.807, 2.05) is 0 Å². The molecule has 11 nitrogen and oxygen atoms in total. The van der Waals surface area contributed by atoms with Crippen LogP contribution in [0.3, 0.4) is 0 Å². The molecule has 0 fully saturated rings. The highest BCUT2D eigenvalue weighted by atomic mass is 35.5. The highest BCUT2D eigenvalue weighted by Gasteiger charge is 2.15. The third kappa shape index (κ3) is 5.85. The van der Waals surface area contributed by atoms with Crippen LogP contribution in [-0.4, -0.2) is 35.2 Å². The fourth-order valence-electron chi connectivity index (χ4n) is 3.38. The van der Waals surface area contributed by atoms with Crippen LogP contribution >= 0.6 is 11.6 Å². The number of hydrazone groups is 1. The average molecular weight is 524 g/mol. The summed E-state index contributed by atoms with van der Waals surface area (Å²) in [6.07, 6.45) is 1.33. The Bertz CT molecular complexity index is 1550. The molecule has 2 N–H and O–H groups in total. The molecule has 3 aromatic carbocycles. The van der Waals surface area contributed by atoms with Crippen molar-refractivity contribution in [3.63, 3.8) is 0 Å². The van der Waals surface area contributed by atoms with Gasteiger partial charge in [0.05, 0.1) is 28.8 Å². The second kappa shape index (κ2) is 10.8. The Morgan fingerprint density at radius 2 is 2.00 bits per heavy atom. The summed E-state index contributed by atoms with van der Waals surface area (Å²) in [5, 5.41) is 24.6. The third-order valence-electron chi connectivity index (χ3n) is 5.12. The fraction of sp³-hybridized carbons (Fsp3) is 0.0800. The average Bonchev–Trinajstić information content (AvgIpc) is 3.31. The van der Waals surface area contributed by atoms with Gasteiger partial charge < -0.3 is 19.0 Å². The van der Waals surface area contributed by atoms with Crippen molar-refractivity contribution in [1.29, 1.82) is 0 Å². The van der Waals surface area contributed by atoms with E-state index in [0.29, 0.717) is 27.8 Å². The number of ether oxygens (including phenoxy) is 2. The van der Waals surface area contributed by atoms with Gasteiger partial charge in [-0.15, -0.1) is 0 Å². The Morgan fingerprint density at radius 1 is 1.19 bits per heavy atom. The maximum Gasteiger partial charge on any atom is 0.335 e. The van der Waals surface area contributed by atoms with Gasteiger partial charge in [-0.3, -0.25) is 14.9 Å². The van der Waals surface area contributed by atoms with Crippen LogP contribution < -0.4 is 14.9 Å². The molecule has 12 heteroatoms. The number of nitro groups is 1. The van der Waals surface area contributed by atoms with E-state index in [1.54, 1.807) is 24.3 Å². The number of rotatable bonds is 9. The molecular weight excluding hydrogens is 506 g/mol. The maximum atomic E-state index is 12.4. The number of nitrogens with zero attached hydrogens (tertiary/aromatic N) is 2. The Balaban J connectivity index is 1.44. The summed E-state index contributed by atoms with van der Waals surface area (Å²) in [6.45, 7) is 0.0569. The quantitative estimate of drug-likeness (QED) is 0.175. The van der Waals surface area contributed by atoms with Crippen molar-refractivity contribution in [2.24, 2.45) is 5.10 Å². The zero-order chi connectivity index (χ0) is 26.5. The molecule has 37 heavy (non-hydrogen) atoms. The van der Waals surface area contributed by atoms with E-state index in [1.165, 1.54) is 49.7 Å². The molecule has 0 aliphatic carbocycles. The molecule has 0 bridgehead atoms.